The number of ether oxygens (including phenoxy) is 2. The van der Waals surface area contributed by atoms with Crippen molar-refractivity contribution in [2.45, 2.75) is 34.1 Å². The number of aryl methyl sites for hydroxylation is 2. The van der Waals surface area contributed by atoms with Crippen LogP contribution in [0.3, 0.4) is 0 Å². The Kier molecular flexibility index (Phi) is 11.1. The third-order valence-corrected chi connectivity index (χ3v) is 7.72. The first-order valence-electron chi connectivity index (χ1n) is 14.4. The Morgan fingerprint density at radius 1 is 0.744 bits per heavy atom. The van der Waals surface area contributed by atoms with E-state index in [0.717, 1.165) is 32.2 Å². The fraction of sp³-hybridized carbons (Fsp3) is 0.189. The van der Waals surface area contributed by atoms with E-state index in [0.29, 0.717) is 30.8 Å². The maximum atomic E-state index is 12.3. The Balaban J connectivity index is 0.000000197. The van der Waals surface area contributed by atoms with Gasteiger partial charge in [0.05, 0.1) is 29.9 Å². The van der Waals surface area contributed by atoms with Gasteiger partial charge in [-0.05, 0) is 69.0 Å². The van der Waals surface area contributed by atoms with Crippen LogP contribution >= 0.6 is 15.9 Å². The molecule has 6 heteroatoms. The van der Waals surface area contributed by atoms with Crippen LogP contribution in [0.2, 0.25) is 0 Å². The maximum absolute atomic E-state index is 12.3. The number of hydrogen-bond donors (Lipinski definition) is 0. The highest BCUT2D eigenvalue weighted by Gasteiger charge is 2.17. The summed E-state index contributed by atoms with van der Waals surface area (Å²) in [6.45, 7) is 8.52. The minimum absolute atomic E-state index is 0.277. The number of esters is 2. The number of para-hydroxylation sites is 2. The van der Waals surface area contributed by atoms with Crippen LogP contribution < -0.4 is 0 Å². The molecule has 5 rings (SSSR count). The van der Waals surface area contributed by atoms with E-state index < -0.39 is 0 Å². The van der Waals surface area contributed by atoms with Crippen molar-refractivity contribution < 1.29 is 19.1 Å². The average molecular weight is 639 g/mol. The molecule has 1 heterocycles. The van der Waals surface area contributed by atoms with Crippen molar-refractivity contribution in [3.63, 3.8) is 0 Å². The summed E-state index contributed by atoms with van der Waals surface area (Å²) in [7, 11) is 0. The Labute approximate surface area is 261 Å². The number of rotatable bonds is 8. The van der Waals surface area contributed by atoms with Crippen molar-refractivity contribution in [1.82, 2.24) is 4.57 Å². The fourth-order valence-corrected chi connectivity index (χ4v) is 5.33. The average Bonchev–Trinajstić information content (AvgIpc) is 3.39. The number of carbonyl (C=O) groups excluding carboxylic acids is 2. The molecule has 5 aromatic rings. The van der Waals surface area contributed by atoms with Gasteiger partial charge in [0.25, 0.3) is 0 Å². The predicted octanol–water partition coefficient (Wildman–Crippen LogP) is 9.06. The van der Waals surface area contributed by atoms with Crippen molar-refractivity contribution in [2.24, 2.45) is 0 Å². The zero-order chi connectivity index (χ0) is 30.8. The summed E-state index contributed by atoms with van der Waals surface area (Å²) in [5.41, 5.74) is 7.72. The molecule has 0 aliphatic carbocycles. The Morgan fingerprint density at radius 3 is 2.07 bits per heavy atom. The van der Waals surface area contributed by atoms with Gasteiger partial charge in [-0.1, -0.05) is 101 Å². The number of aromatic nitrogens is 1. The summed E-state index contributed by atoms with van der Waals surface area (Å²) in [6, 6.07) is 31.9. The minimum atomic E-state index is -0.289. The highest BCUT2D eigenvalue weighted by atomic mass is 79.9. The topological polar surface area (TPSA) is 57.5 Å². The third kappa shape index (κ3) is 7.70. The van der Waals surface area contributed by atoms with E-state index >= 15 is 0 Å². The van der Waals surface area contributed by atoms with Gasteiger partial charge in [-0.15, -0.1) is 0 Å². The number of nitrogens with zero attached hydrogens (tertiary/aromatic N) is 1. The van der Waals surface area contributed by atoms with Gasteiger partial charge in [0.15, 0.2) is 0 Å². The molecule has 0 bridgehead atoms. The normalized spacial score (nSPS) is 11.0. The highest BCUT2D eigenvalue weighted by molar-refractivity contribution is 9.10. The van der Waals surface area contributed by atoms with Crippen LogP contribution in [0.1, 0.15) is 46.5 Å². The molecule has 0 unspecified atom stereocenters. The van der Waals surface area contributed by atoms with Crippen LogP contribution in [0.4, 0.5) is 0 Å². The van der Waals surface area contributed by atoms with Crippen LogP contribution in [-0.4, -0.2) is 29.7 Å². The van der Waals surface area contributed by atoms with E-state index in [2.05, 4.69) is 58.6 Å². The zero-order valence-electron chi connectivity index (χ0n) is 25.0. The standard InChI is InChI=1S/C19H19BrO2.C18H17NO2/c1-3-22-19(21)17(16-10-6-7-11-18(16)20)13-12-15-9-5-4-8-14(15)2;1-3-21-18(20)15-12-19(16-10-6-4-8-13(16)2)17-11-7-5-9-14(15)17/h4-11,13H,3,12H2,1-2H3;4-12H,3H2,1-2H3. The SMILES string of the molecule is CCOC(=O)C(=CCc1ccccc1C)c1ccccc1Br.CCOC(=O)c1cn(-c2ccccc2C)c2ccccc12. The molecule has 0 spiro atoms. The Bertz CT molecular complexity index is 1750. The summed E-state index contributed by atoms with van der Waals surface area (Å²) in [6.07, 6.45) is 4.51. The molecule has 1 aromatic heterocycles. The molecular weight excluding hydrogens is 602 g/mol. The molecule has 220 valence electrons. The number of carbonyl (C=O) groups is 2. The third-order valence-electron chi connectivity index (χ3n) is 7.03. The zero-order valence-corrected chi connectivity index (χ0v) is 26.6. The van der Waals surface area contributed by atoms with Crippen LogP contribution in [0.15, 0.2) is 114 Å². The second-order valence-electron chi connectivity index (χ2n) is 9.89. The molecular formula is C37H36BrNO4. The van der Waals surface area contributed by atoms with Gasteiger partial charge in [0, 0.05) is 27.3 Å². The van der Waals surface area contributed by atoms with Crippen molar-refractivity contribution in [1.29, 1.82) is 0 Å². The maximum Gasteiger partial charge on any atom is 0.340 e. The van der Waals surface area contributed by atoms with E-state index in [4.69, 9.17) is 9.47 Å². The van der Waals surface area contributed by atoms with Crippen molar-refractivity contribution in [3.05, 3.63) is 142 Å². The number of benzene rings is 4. The summed E-state index contributed by atoms with van der Waals surface area (Å²) in [5.74, 6) is -0.566. The van der Waals surface area contributed by atoms with E-state index in [1.165, 1.54) is 11.1 Å². The van der Waals surface area contributed by atoms with Crippen LogP contribution in [0, 0.1) is 13.8 Å². The van der Waals surface area contributed by atoms with Gasteiger partial charge in [-0.25, -0.2) is 9.59 Å². The first kappa shape index (κ1) is 31.5. The quantitative estimate of drug-likeness (QED) is 0.126. The van der Waals surface area contributed by atoms with Crippen LogP contribution in [-0.2, 0) is 20.7 Å². The van der Waals surface area contributed by atoms with Crippen molar-refractivity contribution in [3.8, 4) is 5.69 Å². The fourth-order valence-electron chi connectivity index (χ4n) is 4.83. The summed E-state index contributed by atoms with van der Waals surface area (Å²) < 4.78 is 13.3. The molecule has 0 atom stereocenters. The second kappa shape index (κ2) is 15.2. The van der Waals surface area contributed by atoms with Crippen molar-refractivity contribution >= 4 is 44.3 Å². The number of fused-ring (bicyclic) bond motifs is 1. The largest absolute Gasteiger partial charge is 0.462 e. The van der Waals surface area contributed by atoms with Gasteiger partial charge in [-0.3, -0.25) is 0 Å². The van der Waals surface area contributed by atoms with Crippen molar-refractivity contribution in [2.75, 3.05) is 13.2 Å². The number of allylic oxidation sites excluding steroid dienone is 1. The number of halogens is 1. The van der Waals surface area contributed by atoms with Gasteiger partial charge < -0.3 is 14.0 Å². The van der Waals surface area contributed by atoms with Gasteiger partial charge in [0.2, 0.25) is 0 Å². The first-order valence-corrected chi connectivity index (χ1v) is 15.1. The van der Waals surface area contributed by atoms with Crippen LogP contribution in [0.25, 0.3) is 22.2 Å². The smallest absolute Gasteiger partial charge is 0.340 e. The lowest BCUT2D eigenvalue weighted by Gasteiger charge is -2.10. The lowest BCUT2D eigenvalue weighted by Crippen LogP contribution is -2.08. The first-order chi connectivity index (χ1) is 20.8. The highest BCUT2D eigenvalue weighted by Crippen LogP contribution is 2.28. The lowest BCUT2D eigenvalue weighted by atomic mass is 10.0. The molecule has 0 radical (unpaired) electrons. The molecule has 0 aliphatic rings. The summed E-state index contributed by atoms with van der Waals surface area (Å²) in [5, 5.41) is 0.916. The lowest BCUT2D eigenvalue weighted by molar-refractivity contribution is -0.136. The van der Waals surface area contributed by atoms with E-state index in [1.54, 1.807) is 0 Å². The summed E-state index contributed by atoms with van der Waals surface area (Å²) in [4.78, 5) is 24.4. The molecule has 0 saturated carbocycles. The predicted molar refractivity (Wildman–Crippen MR) is 178 cm³/mol. The number of hydrogen-bond acceptors (Lipinski definition) is 4. The molecule has 43 heavy (non-hydrogen) atoms. The van der Waals surface area contributed by atoms with Gasteiger partial charge in [-0.2, -0.15) is 0 Å². The molecule has 5 nitrogen and oxygen atoms in total. The Hall–Kier alpha value is -4.42. The van der Waals surface area contributed by atoms with Gasteiger partial charge in [0.1, 0.15) is 0 Å². The molecule has 0 fully saturated rings. The molecule has 0 saturated heterocycles. The van der Waals surface area contributed by atoms with Gasteiger partial charge >= 0.3 is 11.9 Å². The second-order valence-corrected chi connectivity index (χ2v) is 10.7. The molecule has 4 aromatic carbocycles. The summed E-state index contributed by atoms with van der Waals surface area (Å²) >= 11 is 3.51. The minimum Gasteiger partial charge on any atom is -0.462 e. The van der Waals surface area contributed by atoms with Crippen LogP contribution in [0.5, 0.6) is 0 Å². The molecule has 0 N–H and O–H groups in total. The monoisotopic (exact) mass is 637 g/mol. The Morgan fingerprint density at radius 2 is 1.37 bits per heavy atom. The van der Waals surface area contributed by atoms with E-state index in [9.17, 15) is 9.59 Å². The molecule has 0 aliphatic heterocycles. The van der Waals surface area contributed by atoms with E-state index in [1.807, 2.05) is 98.9 Å². The molecule has 0 amide bonds. The van der Waals surface area contributed by atoms with E-state index in [-0.39, 0.29) is 11.9 Å².